The first-order valence-corrected chi connectivity index (χ1v) is 6.37. The van der Waals surface area contributed by atoms with Crippen molar-refractivity contribution < 1.29 is 24.1 Å². The summed E-state index contributed by atoms with van der Waals surface area (Å²) in [5, 5.41) is 9.02. The highest BCUT2D eigenvalue weighted by Crippen LogP contribution is 2.39. The SMILES string of the molecule is COc1ccc(C2(CCCO)OCCO2)cc1OC. The number of hydrogen-bond acceptors (Lipinski definition) is 5. The zero-order valence-corrected chi connectivity index (χ0v) is 11.3. The van der Waals surface area contributed by atoms with Gasteiger partial charge in [0.15, 0.2) is 17.3 Å². The standard InChI is InChI=1S/C14H20O5/c1-16-12-5-4-11(10-13(12)17-2)14(6-3-7-15)18-8-9-19-14/h4-5,10,15H,3,6-9H2,1-2H3. The monoisotopic (exact) mass is 268 g/mol. The molecule has 1 aliphatic heterocycles. The third-order valence-electron chi connectivity index (χ3n) is 3.24. The van der Waals surface area contributed by atoms with Crippen LogP contribution in [0.1, 0.15) is 18.4 Å². The Hall–Kier alpha value is -1.30. The summed E-state index contributed by atoms with van der Waals surface area (Å²) in [6, 6.07) is 5.60. The van der Waals surface area contributed by atoms with Crippen molar-refractivity contribution in [1.82, 2.24) is 0 Å². The Morgan fingerprint density at radius 3 is 2.42 bits per heavy atom. The molecule has 0 spiro atoms. The summed E-state index contributed by atoms with van der Waals surface area (Å²) in [4.78, 5) is 0. The predicted molar refractivity (Wildman–Crippen MR) is 69.4 cm³/mol. The lowest BCUT2D eigenvalue weighted by Gasteiger charge is -2.28. The minimum Gasteiger partial charge on any atom is -0.493 e. The first kappa shape index (κ1) is 14.1. The van der Waals surface area contributed by atoms with E-state index in [1.54, 1.807) is 14.2 Å². The molecule has 0 saturated carbocycles. The smallest absolute Gasteiger partial charge is 0.195 e. The third kappa shape index (κ3) is 2.83. The van der Waals surface area contributed by atoms with E-state index in [-0.39, 0.29) is 6.61 Å². The van der Waals surface area contributed by atoms with Crippen molar-refractivity contribution in [3.8, 4) is 11.5 Å². The van der Waals surface area contributed by atoms with E-state index >= 15 is 0 Å². The van der Waals surface area contributed by atoms with Gasteiger partial charge in [0.25, 0.3) is 0 Å². The van der Waals surface area contributed by atoms with Gasteiger partial charge in [-0.2, -0.15) is 0 Å². The number of ether oxygens (including phenoxy) is 4. The van der Waals surface area contributed by atoms with E-state index in [2.05, 4.69) is 0 Å². The van der Waals surface area contributed by atoms with Gasteiger partial charge in [0.1, 0.15) is 0 Å². The molecule has 0 bridgehead atoms. The second kappa shape index (κ2) is 6.23. The molecular weight excluding hydrogens is 248 g/mol. The Labute approximate surface area is 113 Å². The van der Waals surface area contributed by atoms with E-state index in [0.29, 0.717) is 37.6 Å². The van der Waals surface area contributed by atoms with Crippen LogP contribution < -0.4 is 9.47 Å². The summed E-state index contributed by atoms with van der Waals surface area (Å²) >= 11 is 0. The number of benzene rings is 1. The van der Waals surface area contributed by atoms with Crippen LogP contribution in [0.3, 0.4) is 0 Å². The number of aliphatic hydroxyl groups excluding tert-OH is 1. The Morgan fingerprint density at radius 1 is 1.16 bits per heavy atom. The zero-order chi connectivity index (χ0) is 13.7. The molecule has 1 aromatic rings. The van der Waals surface area contributed by atoms with Gasteiger partial charge in [0, 0.05) is 18.6 Å². The number of aliphatic hydroxyl groups is 1. The normalized spacial score (nSPS) is 17.4. The molecule has 1 N–H and O–H groups in total. The van der Waals surface area contributed by atoms with E-state index in [0.717, 1.165) is 5.56 Å². The van der Waals surface area contributed by atoms with Gasteiger partial charge in [0.05, 0.1) is 27.4 Å². The van der Waals surface area contributed by atoms with Gasteiger partial charge in [-0.05, 0) is 24.6 Å². The van der Waals surface area contributed by atoms with Crippen LogP contribution in [0.25, 0.3) is 0 Å². The van der Waals surface area contributed by atoms with Crippen LogP contribution in [0.4, 0.5) is 0 Å². The summed E-state index contributed by atoms with van der Waals surface area (Å²) in [7, 11) is 3.19. The number of hydrogen-bond donors (Lipinski definition) is 1. The van der Waals surface area contributed by atoms with Gasteiger partial charge in [-0.25, -0.2) is 0 Å². The fraction of sp³-hybridized carbons (Fsp3) is 0.571. The highest BCUT2D eigenvalue weighted by atomic mass is 16.7. The zero-order valence-electron chi connectivity index (χ0n) is 11.3. The molecule has 1 aromatic carbocycles. The van der Waals surface area contributed by atoms with Gasteiger partial charge in [0.2, 0.25) is 0 Å². The molecule has 1 fully saturated rings. The summed E-state index contributed by atoms with van der Waals surface area (Å²) in [5.74, 6) is 0.534. The van der Waals surface area contributed by atoms with Crippen molar-refractivity contribution >= 4 is 0 Å². The highest BCUT2D eigenvalue weighted by Gasteiger charge is 2.38. The summed E-state index contributed by atoms with van der Waals surface area (Å²) in [5.41, 5.74) is 0.885. The van der Waals surface area contributed by atoms with Crippen LogP contribution in [0.15, 0.2) is 18.2 Å². The number of rotatable bonds is 6. The van der Waals surface area contributed by atoms with Gasteiger partial charge in [-0.15, -0.1) is 0 Å². The van der Waals surface area contributed by atoms with Crippen LogP contribution in [-0.4, -0.2) is 39.1 Å². The third-order valence-corrected chi connectivity index (χ3v) is 3.24. The van der Waals surface area contributed by atoms with Crippen molar-refractivity contribution in [1.29, 1.82) is 0 Å². The van der Waals surface area contributed by atoms with E-state index in [1.165, 1.54) is 0 Å². The van der Waals surface area contributed by atoms with Crippen molar-refractivity contribution in [2.24, 2.45) is 0 Å². The first-order valence-electron chi connectivity index (χ1n) is 6.37. The lowest BCUT2D eigenvalue weighted by Crippen LogP contribution is -2.27. The maximum Gasteiger partial charge on any atom is 0.195 e. The van der Waals surface area contributed by atoms with E-state index in [4.69, 9.17) is 24.1 Å². The molecule has 5 heteroatoms. The molecule has 0 amide bonds. The van der Waals surface area contributed by atoms with Gasteiger partial charge in [-0.1, -0.05) is 0 Å². The molecule has 2 rings (SSSR count). The van der Waals surface area contributed by atoms with Crippen LogP contribution in [0.5, 0.6) is 11.5 Å². The van der Waals surface area contributed by atoms with Gasteiger partial charge < -0.3 is 24.1 Å². The fourth-order valence-electron chi connectivity index (χ4n) is 2.30. The maximum absolute atomic E-state index is 9.02. The molecular formula is C14H20O5. The molecule has 1 aliphatic rings. The van der Waals surface area contributed by atoms with Crippen molar-refractivity contribution in [2.45, 2.75) is 18.6 Å². The van der Waals surface area contributed by atoms with Crippen molar-refractivity contribution in [3.05, 3.63) is 23.8 Å². The van der Waals surface area contributed by atoms with E-state index in [1.807, 2.05) is 18.2 Å². The Balaban J connectivity index is 2.31. The largest absolute Gasteiger partial charge is 0.493 e. The molecule has 5 nitrogen and oxygen atoms in total. The number of methoxy groups -OCH3 is 2. The van der Waals surface area contributed by atoms with Crippen LogP contribution in [0, 0.1) is 0 Å². The summed E-state index contributed by atoms with van der Waals surface area (Å²) in [6.07, 6.45) is 1.23. The Morgan fingerprint density at radius 2 is 1.84 bits per heavy atom. The van der Waals surface area contributed by atoms with Crippen LogP contribution >= 0.6 is 0 Å². The van der Waals surface area contributed by atoms with E-state index in [9.17, 15) is 0 Å². The first-order chi connectivity index (χ1) is 9.25. The molecule has 1 heterocycles. The molecule has 0 aromatic heterocycles. The summed E-state index contributed by atoms with van der Waals surface area (Å²) in [6.45, 7) is 1.22. The van der Waals surface area contributed by atoms with Gasteiger partial charge >= 0.3 is 0 Å². The topological polar surface area (TPSA) is 57.2 Å². The molecule has 1 saturated heterocycles. The van der Waals surface area contributed by atoms with Crippen LogP contribution in [-0.2, 0) is 15.3 Å². The minimum atomic E-state index is -0.776. The molecule has 19 heavy (non-hydrogen) atoms. The molecule has 0 unspecified atom stereocenters. The second-order valence-electron chi connectivity index (χ2n) is 4.35. The lowest BCUT2D eigenvalue weighted by atomic mass is 10.00. The van der Waals surface area contributed by atoms with Gasteiger partial charge in [-0.3, -0.25) is 0 Å². The lowest BCUT2D eigenvalue weighted by molar-refractivity contribution is -0.172. The van der Waals surface area contributed by atoms with Crippen LogP contribution in [0.2, 0.25) is 0 Å². The van der Waals surface area contributed by atoms with Crippen molar-refractivity contribution in [2.75, 3.05) is 34.0 Å². The second-order valence-corrected chi connectivity index (χ2v) is 4.35. The molecule has 0 radical (unpaired) electrons. The summed E-state index contributed by atoms with van der Waals surface area (Å²) < 4.78 is 22.1. The van der Waals surface area contributed by atoms with E-state index < -0.39 is 5.79 Å². The maximum atomic E-state index is 9.02. The quantitative estimate of drug-likeness (QED) is 0.850. The molecule has 0 atom stereocenters. The Bertz CT molecular complexity index is 412. The average Bonchev–Trinajstić information content (AvgIpc) is 2.94. The molecule has 106 valence electrons. The predicted octanol–water partition coefficient (Wildman–Crippen LogP) is 1.68. The minimum absolute atomic E-state index is 0.113. The molecule has 0 aliphatic carbocycles. The highest BCUT2D eigenvalue weighted by molar-refractivity contribution is 5.44. The Kier molecular flexibility index (Phi) is 4.63. The van der Waals surface area contributed by atoms with Crippen molar-refractivity contribution in [3.63, 3.8) is 0 Å². The fourth-order valence-corrected chi connectivity index (χ4v) is 2.30. The average molecular weight is 268 g/mol.